The summed E-state index contributed by atoms with van der Waals surface area (Å²) in [6.07, 6.45) is 4.01. The number of thioether (sulfide) groups is 1. The van der Waals surface area contributed by atoms with E-state index in [9.17, 15) is 4.79 Å². The summed E-state index contributed by atoms with van der Waals surface area (Å²) in [7, 11) is 0. The number of carbonyl (C=O) groups excluding carboxylic acids is 1. The molecule has 0 spiro atoms. The Labute approximate surface area is 106 Å². The summed E-state index contributed by atoms with van der Waals surface area (Å²) in [6, 6.07) is 0.185. The summed E-state index contributed by atoms with van der Waals surface area (Å²) >= 11 is 1.32. The highest BCUT2D eigenvalue weighted by Gasteiger charge is 2.17. The van der Waals surface area contributed by atoms with Gasteiger partial charge in [-0.25, -0.2) is 9.97 Å². The van der Waals surface area contributed by atoms with Gasteiger partial charge in [-0.3, -0.25) is 4.79 Å². The van der Waals surface area contributed by atoms with E-state index in [0.29, 0.717) is 10.8 Å². The zero-order valence-electron chi connectivity index (χ0n) is 10.3. The van der Waals surface area contributed by atoms with Crippen LogP contribution in [-0.2, 0) is 4.79 Å². The molecular formula is C11H18N4OS. The van der Waals surface area contributed by atoms with Crippen molar-refractivity contribution in [2.24, 2.45) is 0 Å². The number of hydrogen-bond acceptors (Lipinski definition) is 5. The molecule has 1 amide bonds. The molecule has 94 valence electrons. The van der Waals surface area contributed by atoms with Crippen LogP contribution in [-0.4, -0.2) is 27.2 Å². The van der Waals surface area contributed by atoms with E-state index >= 15 is 0 Å². The smallest absolute Gasteiger partial charge is 0.233 e. The number of aromatic nitrogens is 2. The molecule has 0 aromatic carbocycles. The van der Waals surface area contributed by atoms with Crippen molar-refractivity contribution in [1.82, 2.24) is 15.3 Å². The van der Waals surface area contributed by atoms with Crippen molar-refractivity contribution in [2.75, 3.05) is 5.73 Å². The molecule has 0 fully saturated rings. The van der Waals surface area contributed by atoms with Gasteiger partial charge < -0.3 is 11.1 Å². The Kier molecular flexibility index (Phi) is 5.21. The summed E-state index contributed by atoms with van der Waals surface area (Å²) in [5, 5.41) is 3.28. The van der Waals surface area contributed by atoms with Crippen LogP contribution in [0.2, 0.25) is 0 Å². The maximum atomic E-state index is 11.8. The maximum Gasteiger partial charge on any atom is 0.233 e. The zero-order valence-corrected chi connectivity index (χ0v) is 11.1. The highest BCUT2D eigenvalue weighted by atomic mass is 32.2. The summed E-state index contributed by atoms with van der Waals surface area (Å²) in [5.74, 6) is 0.357. The third-order valence-electron chi connectivity index (χ3n) is 2.35. The quantitative estimate of drug-likeness (QED) is 0.777. The van der Waals surface area contributed by atoms with Gasteiger partial charge >= 0.3 is 0 Å². The molecule has 0 bridgehead atoms. The Balaban J connectivity index is 2.57. The third kappa shape index (κ3) is 4.22. The number of hydrogen-bond donors (Lipinski definition) is 2. The third-order valence-corrected chi connectivity index (χ3v) is 3.46. The fourth-order valence-corrected chi connectivity index (χ4v) is 1.92. The van der Waals surface area contributed by atoms with Crippen LogP contribution < -0.4 is 11.1 Å². The van der Waals surface area contributed by atoms with Crippen LogP contribution in [0.3, 0.4) is 0 Å². The molecule has 1 rings (SSSR count). The second kappa shape index (κ2) is 6.44. The van der Waals surface area contributed by atoms with Crippen LogP contribution in [0.15, 0.2) is 17.4 Å². The van der Waals surface area contributed by atoms with Crippen LogP contribution in [0.25, 0.3) is 0 Å². The maximum absolute atomic E-state index is 11.8. The van der Waals surface area contributed by atoms with Crippen LogP contribution in [0.5, 0.6) is 0 Å². The van der Waals surface area contributed by atoms with E-state index < -0.39 is 0 Å². The number of carbonyl (C=O) groups is 1. The lowest BCUT2D eigenvalue weighted by Crippen LogP contribution is -2.37. The number of rotatable bonds is 5. The average Bonchev–Trinajstić information content (AvgIpc) is 2.31. The predicted octanol–water partition coefficient (Wildman–Crippen LogP) is 1.45. The molecule has 2 unspecified atom stereocenters. The lowest BCUT2D eigenvalue weighted by Gasteiger charge is -2.15. The number of nitrogen functional groups attached to an aromatic ring is 1. The van der Waals surface area contributed by atoms with Gasteiger partial charge in [0.05, 0.1) is 5.25 Å². The van der Waals surface area contributed by atoms with E-state index in [4.69, 9.17) is 5.73 Å². The number of nitrogens with one attached hydrogen (secondary N) is 1. The molecule has 6 heteroatoms. The average molecular weight is 254 g/mol. The summed E-state index contributed by atoms with van der Waals surface area (Å²) in [5.41, 5.74) is 5.67. The van der Waals surface area contributed by atoms with Gasteiger partial charge in [-0.15, -0.1) is 0 Å². The second-order valence-corrected chi connectivity index (χ2v) is 5.15. The van der Waals surface area contributed by atoms with Crippen molar-refractivity contribution in [3.63, 3.8) is 0 Å². The molecule has 0 aliphatic carbocycles. The molecule has 0 radical (unpaired) electrons. The van der Waals surface area contributed by atoms with Gasteiger partial charge in [-0.05, 0) is 20.3 Å². The molecule has 5 nitrogen and oxygen atoms in total. The fraction of sp³-hybridized carbons (Fsp3) is 0.545. The van der Waals surface area contributed by atoms with E-state index in [0.717, 1.165) is 6.42 Å². The van der Waals surface area contributed by atoms with Gasteiger partial charge in [0.15, 0.2) is 5.82 Å². The van der Waals surface area contributed by atoms with Crippen molar-refractivity contribution >= 4 is 23.5 Å². The molecule has 2 atom stereocenters. The minimum atomic E-state index is -0.233. The molecular weight excluding hydrogens is 236 g/mol. The first-order valence-corrected chi connectivity index (χ1v) is 6.46. The molecule has 3 N–H and O–H groups in total. The molecule has 17 heavy (non-hydrogen) atoms. The lowest BCUT2D eigenvalue weighted by atomic mass is 10.2. The van der Waals surface area contributed by atoms with Gasteiger partial charge in [0.1, 0.15) is 5.03 Å². The molecule has 1 heterocycles. The Morgan fingerprint density at radius 1 is 1.47 bits per heavy atom. The SMILES string of the molecule is CCC(C)NC(=O)C(C)Sc1nccnc1N. The summed E-state index contributed by atoms with van der Waals surface area (Å²) in [6.45, 7) is 5.84. The van der Waals surface area contributed by atoms with Crippen LogP contribution in [0.1, 0.15) is 27.2 Å². The van der Waals surface area contributed by atoms with Gasteiger partial charge in [-0.2, -0.15) is 0 Å². The lowest BCUT2D eigenvalue weighted by molar-refractivity contribution is -0.120. The Hall–Kier alpha value is -1.30. The standard InChI is InChI=1S/C11H18N4OS/c1-4-7(2)15-10(16)8(3)17-11-9(12)13-5-6-14-11/h5-8H,4H2,1-3H3,(H2,12,13)(H,15,16). The molecule has 0 saturated carbocycles. The first-order valence-electron chi connectivity index (χ1n) is 5.58. The minimum Gasteiger partial charge on any atom is -0.381 e. The zero-order chi connectivity index (χ0) is 12.8. The number of nitrogens with zero attached hydrogens (tertiary/aromatic N) is 2. The van der Waals surface area contributed by atoms with E-state index in [1.54, 1.807) is 6.20 Å². The summed E-state index contributed by atoms with van der Waals surface area (Å²) in [4.78, 5) is 19.8. The molecule has 1 aromatic rings. The first-order chi connectivity index (χ1) is 8.04. The highest BCUT2D eigenvalue weighted by molar-refractivity contribution is 8.00. The molecule has 0 aliphatic rings. The molecule has 0 aliphatic heterocycles. The van der Waals surface area contributed by atoms with Crippen molar-refractivity contribution in [1.29, 1.82) is 0 Å². The van der Waals surface area contributed by atoms with Crippen molar-refractivity contribution in [3.8, 4) is 0 Å². The number of nitrogens with two attached hydrogens (primary N) is 1. The largest absolute Gasteiger partial charge is 0.381 e. The van der Waals surface area contributed by atoms with E-state index in [1.165, 1.54) is 18.0 Å². The topological polar surface area (TPSA) is 80.9 Å². The Morgan fingerprint density at radius 3 is 2.71 bits per heavy atom. The minimum absolute atomic E-state index is 0.00518. The Bertz CT molecular complexity index is 385. The summed E-state index contributed by atoms with van der Waals surface area (Å²) < 4.78 is 0. The molecule has 0 saturated heterocycles. The van der Waals surface area contributed by atoms with Crippen LogP contribution in [0, 0.1) is 0 Å². The van der Waals surface area contributed by atoms with Crippen LogP contribution >= 0.6 is 11.8 Å². The Morgan fingerprint density at radius 2 is 2.12 bits per heavy atom. The number of anilines is 1. The molecule has 1 aromatic heterocycles. The van der Waals surface area contributed by atoms with Crippen LogP contribution in [0.4, 0.5) is 5.82 Å². The van der Waals surface area contributed by atoms with Gasteiger partial charge in [-0.1, -0.05) is 18.7 Å². The number of amides is 1. The highest BCUT2D eigenvalue weighted by Crippen LogP contribution is 2.24. The van der Waals surface area contributed by atoms with Gasteiger partial charge in [0, 0.05) is 18.4 Å². The van der Waals surface area contributed by atoms with Gasteiger partial charge in [0.2, 0.25) is 5.91 Å². The monoisotopic (exact) mass is 254 g/mol. The van der Waals surface area contributed by atoms with Crippen molar-refractivity contribution < 1.29 is 4.79 Å². The van der Waals surface area contributed by atoms with E-state index in [2.05, 4.69) is 15.3 Å². The predicted molar refractivity (Wildman–Crippen MR) is 69.7 cm³/mol. The van der Waals surface area contributed by atoms with E-state index in [1.807, 2.05) is 20.8 Å². The normalized spacial score (nSPS) is 14.1. The van der Waals surface area contributed by atoms with E-state index in [-0.39, 0.29) is 17.2 Å². The fourth-order valence-electron chi connectivity index (χ4n) is 1.11. The van der Waals surface area contributed by atoms with Crippen molar-refractivity contribution in [3.05, 3.63) is 12.4 Å². The van der Waals surface area contributed by atoms with Gasteiger partial charge in [0.25, 0.3) is 0 Å². The van der Waals surface area contributed by atoms with Crippen molar-refractivity contribution in [2.45, 2.75) is 43.5 Å². The second-order valence-electron chi connectivity index (χ2n) is 3.82. The first kappa shape index (κ1) is 13.8.